The van der Waals surface area contributed by atoms with Crippen LogP contribution in [-0.2, 0) is 6.54 Å². The van der Waals surface area contributed by atoms with Crippen LogP contribution in [0.25, 0.3) is 0 Å². The van der Waals surface area contributed by atoms with Crippen molar-refractivity contribution in [3.8, 4) is 11.5 Å². The van der Waals surface area contributed by atoms with Gasteiger partial charge in [-0.05, 0) is 49.0 Å². The molecule has 3 aliphatic heterocycles. The van der Waals surface area contributed by atoms with Crippen LogP contribution < -0.4 is 10.1 Å². The number of methoxy groups -OCH3 is 1. The number of phenolic OH excluding ortho intramolecular Hbond substituents is 1. The molecule has 0 spiro atoms. The number of piperidine rings is 3. The Kier molecular flexibility index (Phi) is 12.7. The average Bonchev–Trinajstić information content (AvgIpc) is 2.86. The first-order chi connectivity index (χ1) is 15.8. The predicted molar refractivity (Wildman–Crippen MR) is 150 cm³/mol. The van der Waals surface area contributed by atoms with Gasteiger partial charge in [0, 0.05) is 30.1 Å². The topological polar surface area (TPSA) is 108 Å². The number of benzene rings is 3. The lowest BCUT2D eigenvalue weighted by molar-refractivity contribution is 0.00461. The van der Waals surface area contributed by atoms with Crippen molar-refractivity contribution in [3.63, 3.8) is 0 Å². The summed E-state index contributed by atoms with van der Waals surface area (Å²) >= 11 is 0. The SMILES string of the molecule is COc1cccc(CN[C@@H]2C3CCN(CC3)[C@H]2C(c2ccccc2)c2ccccc2)c1O.Cl.Cl.O.O. The minimum absolute atomic E-state index is 0. The molecule has 0 radical (unpaired) electrons. The Balaban J connectivity index is 0.00000162. The molecule has 0 aliphatic carbocycles. The van der Waals surface area contributed by atoms with Crippen molar-refractivity contribution in [3.05, 3.63) is 95.6 Å². The summed E-state index contributed by atoms with van der Waals surface area (Å²) in [6.07, 6.45) is 2.46. The lowest BCUT2D eigenvalue weighted by atomic mass is 9.70. The van der Waals surface area contributed by atoms with E-state index < -0.39 is 0 Å². The number of hydrogen-bond donors (Lipinski definition) is 2. The number of nitrogens with one attached hydrogen (secondary N) is 1. The fourth-order valence-electron chi connectivity index (χ4n) is 5.80. The molecule has 3 saturated heterocycles. The number of fused-ring (bicyclic) bond motifs is 3. The summed E-state index contributed by atoms with van der Waals surface area (Å²) in [5.74, 6) is 1.72. The third-order valence-corrected chi connectivity index (χ3v) is 7.36. The van der Waals surface area contributed by atoms with Crippen LogP contribution in [0.15, 0.2) is 78.9 Å². The quantitative estimate of drug-likeness (QED) is 0.475. The Morgan fingerprint density at radius 2 is 1.42 bits per heavy atom. The van der Waals surface area contributed by atoms with Gasteiger partial charge in [-0.1, -0.05) is 72.8 Å². The summed E-state index contributed by atoms with van der Waals surface area (Å²) in [5, 5.41) is 14.5. The zero-order valence-electron chi connectivity index (χ0n) is 20.5. The van der Waals surface area contributed by atoms with E-state index in [2.05, 4.69) is 70.9 Å². The first-order valence-electron chi connectivity index (χ1n) is 11.7. The molecule has 6 nitrogen and oxygen atoms in total. The molecule has 0 saturated carbocycles. The van der Waals surface area contributed by atoms with Gasteiger partial charge in [0.2, 0.25) is 0 Å². The van der Waals surface area contributed by atoms with Crippen LogP contribution in [-0.4, -0.2) is 53.2 Å². The van der Waals surface area contributed by atoms with E-state index in [0.29, 0.717) is 36.2 Å². The highest BCUT2D eigenvalue weighted by Crippen LogP contribution is 2.42. The van der Waals surface area contributed by atoms with E-state index in [1.54, 1.807) is 13.2 Å². The Bertz CT molecular complexity index is 995. The Morgan fingerprint density at radius 1 is 0.861 bits per heavy atom. The van der Waals surface area contributed by atoms with E-state index in [1.165, 1.54) is 24.0 Å². The maximum atomic E-state index is 10.6. The van der Waals surface area contributed by atoms with Crippen molar-refractivity contribution in [2.75, 3.05) is 20.2 Å². The van der Waals surface area contributed by atoms with Gasteiger partial charge in [0.25, 0.3) is 0 Å². The molecule has 0 unspecified atom stereocenters. The molecule has 3 aromatic rings. The molecular weight excluding hydrogens is 499 g/mol. The van der Waals surface area contributed by atoms with Crippen molar-refractivity contribution in [2.24, 2.45) is 5.92 Å². The third kappa shape index (κ3) is 6.32. The Hall–Kier alpha value is -2.32. The monoisotopic (exact) mass is 536 g/mol. The number of rotatable bonds is 7. The number of ether oxygens (including phenoxy) is 1. The van der Waals surface area contributed by atoms with Crippen molar-refractivity contribution < 1.29 is 20.8 Å². The highest BCUT2D eigenvalue weighted by Gasteiger charge is 2.46. The highest BCUT2D eigenvalue weighted by atomic mass is 35.5. The van der Waals surface area contributed by atoms with E-state index in [-0.39, 0.29) is 41.5 Å². The molecule has 3 aromatic carbocycles. The number of nitrogens with zero attached hydrogens (tertiary/aromatic N) is 1. The van der Waals surface area contributed by atoms with Gasteiger partial charge in [-0.15, -0.1) is 24.8 Å². The second kappa shape index (κ2) is 14.4. The standard InChI is InChI=1S/C28H32N2O2.2ClH.2H2O/c1-32-24-14-8-13-23(28(24)31)19-29-26-22-15-17-30(18-16-22)27(26)25(20-9-4-2-5-10-20)21-11-6-3-7-12-21;;;;/h2-14,22,25-27,29,31H,15-19H2,1H3;2*1H;2*1H2/t26-,27+;;;;/m1..../s1. The molecule has 198 valence electrons. The number of para-hydroxylation sites is 1. The summed E-state index contributed by atoms with van der Waals surface area (Å²) in [6, 6.07) is 28.3. The lowest BCUT2D eigenvalue weighted by Crippen LogP contribution is -2.64. The lowest BCUT2D eigenvalue weighted by Gasteiger charge is -2.54. The van der Waals surface area contributed by atoms with Crippen molar-refractivity contribution in [1.82, 2.24) is 10.2 Å². The molecule has 36 heavy (non-hydrogen) atoms. The van der Waals surface area contributed by atoms with Crippen molar-refractivity contribution >= 4 is 24.8 Å². The minimum atomic E-state index is 0. The fourth-order valence-corrected chi connectivity index (χ4v) is 5.80. The molecule has 0 amide bonds. The molecule has 3 heterocycles. The highest BCUT2D eigenvalue weighted by molar-refractivity contribution is 5.85. The van der Waals surface area contributed by atoms with Gasteiger partial charge < -0.3 is 26.1 Å². The molecule has 6 rings (SSSR count). The number of aromatic hydroxyl groups is 1. The van der Waals surface area contributed by atoms with Crippen LogP contribution in [0, 0.1) is 5.92 Å². The number of phenols is 1. The molecule has 3 fully saturated rings. The third-order valence-electron chi connectivity index (χ3n) is 7.36. The van der Waals surface area contributed by atoms with E-state index in [0.717, 1.165) is 18.7 Å². The van der Waals surface area contributed by atoms with Gasteiger partial charge in [-0.3, -0.25) is 4.90 Å². The second-order valence-corrected chi connectivity index (χ2v) is 9.04. The Morgan fingerprint density at radius 3 is 1.94 bits per heavy atom. The minimum Gasteiger partial charge on any atom is -0.504 e. The largest absolute Gasteiger partial charge is 0.504 e. The average molecular weight is 538 g/mol. The molecule has 8 heteroatoms. The summed E-state index contributed by atoms with van der Waals surface area (Å²) in [4.78, 5) is 2.69. The van der Waals surface area contributed by atoms with Crippen LogP contribution in [0.1, 0.15) is 35.4 Å². The predicted octanol–water partition coefficient (Wildman–Crippen LogP) is 3.98. The molecule has 6 N–H and O–H groups in total. The maximum absolute atomic E-state index is 10.6. The summed E-state index contributed by atoms with van der Waals surface area (Å²) in [6.45, 7) is 2.95. The van der Waals surface area contributed by atoms with Gasteiger partial charge in [-0.25, -0.2) is 0 Å². The van der Waals surface area contributed by atoms with Crippen LogP contribution in [0.4, 0.5) is 0 Å². The van der Waals surface area contributed by atoms with Crippen molar-refractivity contribution in [1.29, 1.82) is 0 Å². The van der Waals surface area contributed by atoms with Crippen LogP contribution >= 0.6 is 24.8 Å². The summed E-state index contributed by atoms with van der Waals surface area (Å²) < 4.78 is 5.32. The van der Waals surface area contributed by atoms with Crippen LogP contribution in [0.3, 0.4) is 0 Å². The summed E-state index contributed by atoms with van der Waals surface area (Å²) in [7, 11) is 1.60. The van der Waals surface area contributed by atoms with Gasteiger partial charge in [-0.2, -0.15) is 0 Å². The first-order valence-corrected chi connectivity index (χ1v) is 11.7. The first kappa shape index (κ1) is 31.7. The Labute approximate surface area is 226 Å². The normalized spacial score (nSPS) is 21.8. The molecule has 3 aliphatic rings. The van der Waals surface area contributed by atoms with Crippen molar-refractivity contribution in [2.45, 2.75) is 37.4 Å². The second-order valence-electron chi connectivity index (χ2n) is 9.04. The number of halogens is 2. The van der Waals surface area contributed by atoms with Gasteiger partial charge in [0.15, 0.2) is 11.5 Å². The van der Waals surface area contributed by atoms with Gasteiger partial charge in [0.1, 0.15) is 0 Å². The van der Waals surface area contributed by atoms with Crippen LogP contribution in [0.2, 0.25) is 0 Å². The fraction of sp³-hybridized carbons (Fsp3) is 0.357. The van der Waals surface area contributed by atoms with E-state index in [1.807, 2.05) is 12.1 Å². The van der Waals surface area contributed by atoms with E-state index >= 15 is 0 Å². The molecular formula is C28H38Cl2N2O4. The van der Waals surface area contributed by atoms with Gasteiger partial charge in [0.05, 0.1) is 7.11 Å². The molecule has 2 atom stereocenters. The van der Waals surface area contributed by atoms with E-state index in [4.69, 9.17) is 4.74 Å². The van der Waals surface area contributed by atoms with Gasteiger partial charge >= 0.3 is 0 Å². The molecule has 0 aromatic heterocycles. The summed E-state index contributed by atoms with van der Waals surface area (Å²) in [5.41, 5.74) is 3.62. The molecule has 2 bridgehead atoms. The number of hydrogen-bond acceptors (Lipinski definition) is 4. The zero-order chi connectivity index (χ0) is 21.9. The maximum Gasteiger partial charge on any atom is 0.162 e. The van der Waals surface area contributed by atoms with Crippen LogP contribution in [0.5, 0.6) is 11.5 Å². The van der Waals surface area contributed by atoms with E-state index in [9.17, 15) is 5.11 Å². The smallest absolute Gasteiger partial charge is 0.162 e. The zero-order valence-corrected chi connectivity index (χ0v) is 22.1.